The Morgan fingerprint density at radius 1 is 1.10 bits per heavy atom. The van der Waals surface area contributed by atoms with Gasteiger partial charge >= 0.3 is 0 Å². The molecule has 0 unspecified atom stereocenters. The van der Waals surface area contributed by atoms with Gasteiger partial charge in [-0.2, -0.15) is 5.10 Å². The van der Waals surface area contributed by atoms with Crippen LogP contribution < -0.4 is 4.74 Å². The largest absolute Gasteiger partial charge is 0.497 e. The van der Waals surface area contributed by atoms with Gasteiger partial charge in [-0.05, 0) is 43.4 Å². The Hall–Kier alpha value is -3.16. The van der Waals surface area contributed by atoms with Crippen LogP contribution in [0.2, 0.25) is 0 Å². The Kier molecular flexibility index (Phi) is 6.64. The van der Waals surface area contributed by atoms with Crippen LogP contribution in [0.1, 0.15) is 5.56 Å². The molecule has 3 aromatic rings. The molecule has 0 saturated carbocycles. The highest BCUT2D eigenvalue weighted by molar-refractivity contribution is 5.78. The van der Waals surface area contributed by atoms with Gasteiger partial charge in [0.15, 0.2) is 0 Å². The summed E-state index contributed by atoms with van der Waals surface area (Å²) >= 11 is 0. The molecule has 2 heterocycles. The number of likely N-dealkylation sites (N-methyl/N-ethyl adjacent to an activating group) is 1. The van der Waals surface area contributed by atoms with Crippen molar-refractivity contribution in [2.75, 3.05) is 47.0 Å². The number of methoxy groups -OCH3 is 1. The summed E-state index contributed by atoms with van der Waals surface area (Å²) < 4.78 is 12.5. The van der Waals surface area contributed by atoms with Gasteiger partial charge in [-0.1, -0.05) is 18.2 Å². The van der Waals surface area contributed by atoms with E-state index in [1.165, 1.54) is 0 Å². The van der Waals surface area contributed by atoms with Crippen molar-refractivity contribution in [3.63, 3.8) is 0 Å². The SMILES string of the molecule is COc1ccc(-c2nn(-c3ccccc3)cc2CN(C)CC(=O)N2CCOCC2)cc1. The molecule has 0 aliphatic carbocycles. The summed E-state index contributed by atoms with van der Waals surface area (Å²) in [6.45, 7) is 3.52. The zero-order valence-electron chi connectivity index (χ0n) is 18.0. The maximum Gasteiger partial charge on any atom is 0.236 e. The minimum absolute atomic E-state index is 0.132. The Morgan fingerprint density at radius 3 is 2.48 bits per heavy atom. The fourth-order valence-corrected chi connectivity index (χ4v) is 3.72. The summed E-state index contributed by atoms with van der Waals surface area (Å²) in [5, 5.41) is 4.87. The first kappa shape index (κ1) is 21.1. The lowest BCUT2D eigenvalue weighted by Crippen LogP contribution is -2.44. The molecule has 1 amide bonds. The Morgan fingerprint density at radius 2 is 1.81 bits per heavy atom. The van der Waals surface area contributed by atoms with E-state index in [1.54, 1.807) is 7.11 Å². The van der Waals surface area contributed by atoms with Crippen molar-refractivity contribution < 1.29 is 14.3 Å². The second-order valence-corrected chi connectivity index (χ2v) is 7.68. The van der Waals surface area contributed by atoms with Crippen LogP contribution in [0.5, 0.6) is 5.75 Å². The molecule has 7 heteroatoms. The predicted molar refractivity (Wildman–Crippen MR) is 119 cm³/mol. The summed E-state index contributed by atoms with van der Waals surface area (Å²) in [5.74, 6) is 0.938. The molecule has 4 rings (SSSR count). The van der Waals surface area contributed by atoms with Gasteiger partial charge in [0.2, 0.25) is 5.91 Å². The Bertz CT molecular complexity index is 995. The second kappa shape index (κ2) is 9.76. The number of benzene rings is 2. The molecular formula is C24H28N4O3. The normalized spacial score (nSPS) is 14.1. The molecule has 1 aliphatic rings. The van der Waals surface area contributed by atoms with Crippen molar-refractivity contribution in [1.29, 1.82) is 0 Å². The van der Waals surface area contributed by atoms with Crippen molar-refractivity contribution in [3.05, 3.63) is 66.4 Å². The number of morpholine rings is 1. The molecule has 1 saturated heterocycles. The predicted octanol–water partition coefficient (Wildman–Crippen LogP) is 2.84. The summed E-state index contributed by atoms with van der Waals surface area (Å²) in [7, 11) is 3.63. The fourth-order valence-electron chi connectivity index (χ4n) is 3.72. The van der Waals surface area contributed by atoms with E-state index in [9.17, 15) is 4.79 Å². The number of aromatic nitrogens is 2. The van der Waals surface area contributed by atoms with Gasteiger partial charge in [0, 0.05) is 37.0 Å². The number of para-hydroxylation sites is 1. The van der Waals surface area contributed by atoms with Gasteiger partial charge in [0.25, 0.3) is 0 Å². The van der Waals surface area contributed by atoms with Gasteiger partial charge in [0.1, 0.15) is 5.75 Å². The first-order chi connectivity index (χ1) is 15.1. The van der Waals surface area contributed by atoms with Gasteiger partial charge < -0.3 is 14.4 Å². The summed E-state index contributed by atoms with van der Waals surface area (Å²) in [5.41, 5.74) is 3.97. The highest BCUT2D eigenvalue weighted by atomic mass is 16.5. The minimum atomic E-state index is 0.132. The van der Waals surface area contributed by atoms with E-state index in [4.69, 9.17) is 14.6 Å². The number of amides is 1. The summed E-state index contributed by atoms with van der Waals surface area (Å²) in [4.78, 5) is 16.6. The van der Waals surface area contributed by atoms with Crippen LogP contribution in [0, 0.1) is 0 Å². The van der Waals surface area contributed by atoms with E-state index in [0.29, 0.717) is 39.4 Å². The molecule has 1 aliphatic heterocycles. The quantitative estimate of drug-likeness (QED) is 0.588. The van der Waals surface area contributed by atoms with Crippen molar-refractivity contribution in [3.8, 4) is 22.7 Å². The summed E-state index contributed by atoms with van der Waals surface area (Å²) in [6, 6.07) is 17.9. The highest BCUT2D eigenvalue weighted by Gasteiger charge is 2.20. The molecular weight excluding hydrogens is 392 g/mol. The number of ether oxygens (including phenoxy) is 2. The molecule has 7 nitrogen and oxygen atoms in total. The van der Waals surface area contributed by atoms with Crippen LogP contribution in [0.25, 0.3) is 16.9 Å². The molecule has 1 aromatic heterocycles. The van der Waals surface area contributed by atoms with Gasteiger partial charge in [-0.3, -0.25) is 9.69 Å². The molecule has 0 spiro atoms. The smallest absolute Gasteiger partial charge is 0.236 e. The lowest BCUT2D eigenvalue weighted by Gasteiger charge is -2.28. The highest BCUT2D eigenvalue weighted by Crippen LogP contribution is 2.26. The number of rotatable bonds is 7. The number of carbonyl (C=O) groups excluding carboxylic acids is 1. The molecule has 162 valence electrons. The second-order valence-electron chi connectivity index (χ2n) is 7.68. The molecule has 0 bridgehead atoms. The van der Waals surface area contributed by atoms with Crippen LogP contribution in [-0.2, 0) is 16.1 Å². The van der Waals surface area contributed by atoms with Crippen LogP contribution in [-0.4, -0.2) is 72.5 Å². The topological polar surface area (TPSA) is 59.8 Å². The van der Waals surface area contributed by atoms with E-state index >= 15 is 0 Å². The maximum atomic E-state index is 12.6. The third kappa shape index (κ3) is 5.13. The minimum Gasteiger partial charge on any atom is -0.497 e. The molecule has 0 N–H and O–H groups in total. The van der Waals surface area contributed by atoms with E-state index in [1.807, 2.05) is 82.3 Å². The average molecular weight is 421 g/mol. The monoisotopic (exact) mass is 420 g/mol. The van der Waals surface area contributed by atoms with E-state index in [0.717, 1.165) is 28.3 Å². The third-order valence-corrected chi connectivity index (χ3v) is 5.38. The van der Waals surface area contributed by atoms with Crippen LogP contribution in [0.3, 0.4) is 0 Å². The van der Waals surface area contributed by atoms with Gasteiger partial charge in [-0.25, -0.2) is 4.68 Å². The van der Waals surface area contributed by atoms with Crippen molar-refractivity contribution in [2.24, 2.45) is 0 Å². The fraction of sp³-hybridized carbons (Fsp3) is 0.333. The standard InChI is InChI=1S/C24H28N4O3/c1-26(18-23(29)27-12-14-31-15-13-27)16-20-17-28(21-6-4-3-5-7-21)25-24(20)19-8-10-22(30-2)11-9-19/h3-11,17H,12-16,18H2,1-2H3. The molecule has 1 fully saturated rings. The van der Waals surface area contributed by atoms with Crippen LogP contribution >= 0.6 is 0 Å². The zero-order valence-corrected chi connectivity index (χ0v) is 18.0. The van der Waals surface area contributed by atoms with Crippen LogP contribution in [0.4, 0.5) is 0 Å². The Balaban J connectivity index is 1.57. The van der Waals surface area contributed by atoms with Crippen molar-refractivity contribution >= 4 is 5.91 Å². The summed E-state index contributed by atoms with van der Waals surface area (Å²) in [6.07, 6.45) is 2.05. The zero-order chi connectivity index (χ0) is 21.6. The number of hydrogen-bond donors (Lipinski definition) is 0. The molecule has 0 radical (unpaired) electrons. The number of hydrogen-bond acceptors (Lipinski definition) is 5. The number of nitrogens with zero attached hydrogens (tertiary/aromatic N) is 4. The number of carbonyl (C=O) groups is 1. The molecule has 0 atom stereocenters. The lowest BCUT2D eigenvalue weighted by molar-refractivity contribution is -0.136. The average Bonchev–Trinajstić information content (AvgIpc) is 3.23. The van der Waals surface area contributed by atoms with E-state index < -0.39 is 0 Å². The molecule has 2 aromatic carbocycles. The van der Waals surface area contributed by atoms with Gasteiger partial charge in [-0.15, -0.1) is 0 Å². The van der Waals surface area contributed by atoms with Gasteiger partial charge in [0.05, 0.1) is 38.2 Å². The Labute approximate surface area is 182 Å². The van der Waals surface area contributed by atoms with Crippen LogP contribution in [0.15, 0.2) is 60.8 Å². The third-order valence-electron chi connectivity index (χ3n) is 5.38. The maximum absolute atomic E-state index is 12.6. The van der Waals surface area contributed by atoms with Crippen molar-refractivity contribution in [2.45, 2.75) is 6.54 Å². The molecule has 31 heavy (non-hydrogen) atoms. The first-order valence-electron chi connectivity index (χ1n) is 10.5. The first-order valence-corrected chi connectivity index (χ1v) is 10.5. The van der Waals surface area contributed by atoms with E-state index in [2.05, 4.69) is 0 Å². The lowest BCUT2D eigenvalue weighted by atomic mass is 10.1. The van der Waals surface area contributed by atoms with E-state index in [-0.39, 0.29) is 5.91 Å². The van der Waals surface area contributed by atoms with Crippen molar-refractivity contribution in [1.82, 2.24) is 19.6 Å².